The Morgan fingerprint density at radius 1 is 1.03 bits per heavy atom. The van der Waals surface area contributed by atoms with Gasteiger partial charge < -0.3 is 34.4 Å². The zero-order valence-corrected chi connectivity index (χ0v) is 17.5. The van der Waals surface area contributed by atoms with Crippen molar-refractivity contribution in [1.82, 2.24) is 10.6 Å². The highest BCUT2D eigenvalue weighted by atomic mass is 16.5. The summed E-state index contributed by atoms with van der Waals surface area (Å²) in [5.41, 5.74) is 0.615. The van der Waals surface area contributed by atoms with Gasteiger partial charge in [0.2, 0.25) is 0 Å². The van der Waals surface area contributed by atoms with E-state index >= 15 is 0 Å². The number of carbonyl (C=O) groups is 1. The van der Waals surface area contributed by atoms with Crippen LogP contribution in [0.25, 0.3) is 11.0 Å². The van der Waals surface area contributed by atoms with Crippen LogP contribution in [0.1, 0.15) is 10.6 Å². The van der Waals surface area contributed by atoms with Gasteiger partial charge in [-0.3, -0.25) is 4.79 Å². The van der Waals surface area contributed by atoms with E-state index in [9.17, 15) is 9.90 Å². The second-order valence-corrected chi connectivity index (χ2v) is 6.89. The van der Waals surface area contributed by atoms with Crippen LogP contribution in [0.2, 0.25) is 0 Å². The van der Waals surface area contributed by atoms with E-state index < -0.39 is 6.10 Å². The largest absolute Gasteiger partial charge is 0.492 e. The van der Waals surface area contributed by atoms with Gasteiger partial charge in [0.1, 0.15) is 36.4 Å². The molecule has 0 saturated carbocycles. The van der Waals surface area contributed by atoms with E-state index in [1.807, 2.05) is 36.4 Å². The fraction of sp³-hybridized carbons (Fsp3) is 0.348. The summed E-state index contributed by atoms with van der Waals surface area (Å²) in [4.78, 5) is 12.1. The van der Waals surface area contributed by atoms with Crippen molar-refractivity contribution in [1.29, 1.82) is 0 Å². The number of furan rings is 1. The number of para-hydroxylation sites is 1. The molecule has 166 valence electrons. The Labute approximate surface area is 181 Å². The summed E-state index contributed by atoms with van der Waals surface area (Å²) in [6.07, 6.45) is -0.615. The minimum Gasteiger partial charge on any atom is -0.492 e. The highest BCUT2D eigenvalue weighted by molar-refractivity contribution is 5.96. The maximum absolute atomic E-state index is 12.1. The van der Waals surface area contributed by atoms with Gasteiger partial charge in [-0.2, -0.15) is 0 Å². The first-order chi connectivity index (χ1) is 15.2. The molecule has 3 aromatic rings. The van der Waals surface area contributed by atoms with Crippen molar-refractivity contribution in [2.45, 2.75) is 6.10 Å². The van der Waals surface area contributed by atoms with Crippen molar-refractivity contribution in [2.75, 3.05) is 46.6 Å². The molecule has 0 aliphatic heterocycles. The normalized spacial score (nSPS) is 11.9. The minimum absolute atomic E-state index is 0.219. The molecule has 0 spiro atoms. The molecule has 0 radical (unpaired) electrons. The number of hydrogen-bond donors (Lipinski definition) is 3. The summed E-state index contributed by atoms with van der Waals surface area (Å²) in [6, 6.07) is 16.5. The van der Waals surface area contributed by atoms with E-state index in [4.69, 9.17) is 18.6 Å². The molecule has 8 heteroatoms. The number of benzene rings is 2. The van der Waals surface area contributed by atoms with E-state index in [0.29, 0.717) is 44.2 Å². The van der Waals surface area contributed by atoms with Gasteiger partial charge in [0.25, 0.3) is 5.91 Å². The molecule has 0 aliphatic rings. The van der Waals surface area contributed by atoms with E-state index in [-0.39, 0.29) is 18.3 Å². The second-order valence-electron chi connectivity index (χ2n) is 6.89. The topological polar surface area (TPSA) is 102 Å². The van der Waals surface area contributed by atoms with E-state index in [2.05, 4.69) is 10.6 Å². The fourth-order valence-electron chi connectivity index (χ4n) is 2.85. The van der Waals surface area contributed by atoms with Gasteiger partial charge >= 0.3 is 0 Å². The summed E-state index contributed by atoms with van der Waals surface area (Å²) in [6.45, 7) is 2.48. The van der Waals surface area contributed by atoms with Crippen molar-refractivity contribution >= 4 is 16.9 Å². The molecule has 1 atom stereocenters. The van der Waals surface area contributed by atoms with Crippen molar-refractivity contribution in [3.8, 4) is 11.5 Å². The standard InChI is InChI=1S/C23H28N2O6/c1-28-11-10-25-23(27)22-14-17-13-20(7-8-21(17)31-22)29-12-9-24-15-18(26)16-30-19-5-3-2-4-6-19/h2-8,13-14,18,24,26H,9-12,15-16H2,1H3,(H,25,27)/t18-/m0/s1. The molecule has 3 N–H and O–H groups in total. The zero-order valence-electron chi connectivity index (χ0n) is 17.5. The van der Waals surface area contributed by atoms with Gasteiger partial charge in [-0.1, -0.05) is 18.2 Å². The van der Waals surface area contributed by atoms with E-state index in [1.165, 1.54) is 0 Å². The van der Waals surface area contributed by atoms with E-state index in [1.54, 1.807) is 25.3 Å². The lowest BCUT2D eigenvalue weighted by Gasteiger charge is -2.13. The first kappa shape index (κ1) is 22.6. The molecule has 3 rings (SSSR count). The van der Waals surface area contributed by atoms with Crippen molar-refractivity contribution in [3.05, 3.63) is 60.4 Å². The Morgan fingerprint density at radius 2 is 1.87 bits per heavy atom. The lowest BCUT2D eigenvalue weighted by molar-refractivity contribution is 0.0911. The van der Waals surface area contributed by atoms with Gasteiger partial charge in [-0.25, -0.2) is 0 Å². The quantitative estimate of drug-likeness (QED) is 0.359. The lowest BCUT2D eigenvalue weighted by Crippen LogP contribution is -2.33. The average Bonchev–Trinajstić information content (AvgIpc) is 3.22. The summed E-state index contributed by atoms with van der Waals surface area (Å²) in [5.74, 6) is 1.37. The molecular weight excluding hydrogens is 400 g/mol. The number of fused-ring (bicyclic) bond motifs is 1. The van der Waals surface area contributed by atoms with Crippen LogP contribution in [0, 0.1) is 0 Å². The predicted molar refractivity (Wildman–Crippen MR) is 117 cm³/mol. The number of aliphatic hydroxyl groups excluding tert-OH is 1. The molecule has 2 aromatic carbocycles. The smallest absolute Gasteiger partial charge is 0.287 e. The number of ether oxygens (including phenoxy) is 3. The van der Waals surface area contributed by atoms with E-state index in [0.717, 1.165) is 11.1 Å². The summed E-state index contributed by atoms with van der Waals surface area (Å²) < 4.78 is 21.7. The molecule has 1 aromatic heterocycles. The number of hydrogen-bond acceptors (Lipinski definition) is 7. The van der Waals surface area contributed by atoms with Crippen LogP contribution >= 0.6 is 0 Å². The zero-order chi connectivity index (χ0) is 21.9. The van der Waals surface area contributed by atoms with Gasteiger partial charge in [0.15, 0.2) is 5.76 Å². The first-order valence-corrected chi connectivity index (χ1v) is 10.2. The summed E-state index contributed by atoms with van der Waals surface area (Å²) in [5, 5.41) is 16.6. The molecule has 8 nitrogen and oxygen atoms in total. The molecule has 1 amide bonds. The third-order valence-electron chi connectivity index (χ3n) is 4.42. The van der Waals surface area contributed by atoms with Crippen LogP contribution in [0.4, 0.5) is 0 Å². The molecular formula is C23H28N2O6. The maximum Gasteiger partial charge on any atom is 0.287 e. The number of nitrogens with one attached hydrogen (secondary N) is 2. The SMILES string of the molecule is COCCNC(=O)c1cc2cc(OCCNC[C@H](O)COc3ccccc3)ccc2o1. The Hall–Kier alpha value is -3.07. The summed E-state index contributed by atoms with van der Waals surface area (Å²) in [7, 11) is 1.58. The molecule has 0 saturated heterocycles. The molecule has 0 fully saturated rings. The van der Waals surface area contributed by atoms with Crippen LogP contribution in [0.15, 0.2) is 59.0 Å². The Balaban J connectivity index is 1.37. The highest BCUT2D eigenvalue weighted by Crippen LogP contribution is 2.24. The number of rotatable bonds is 13. The predicted octanol–water partition coefficient (Wildman–Crippen LogP) is 2.22. The molecule has 1 heterocycles. The van der Waals surface area contributed by atoms with Crippen LogP contribution in [0.3, 0.4) is 0 Å². The molecule has 0 bridgehead atoms. The third kappa shape index (κ3) is 7.29. The lowest BCUT2D eigenvalue weighted by atomic mass is 10.2. The second kappa shape index (κ2) is 11.9. The van der Waals surface area contributed by atoms with Gasteiger partial charge in [0.05, 0.1) is 6.61 Å². The maximum atomic E-state index is 12.1. The fourth-order valence-corrected chi connectivity index (χ4v) is 2.85. The Morgan fingerprint density at radius 3 is 2.68 bits per heavy atom. The Bertz CT molecular complexity index is 944. The molecule has 0 unspecified atom stereocenters. The molecule has 31 heavy (non-hydrogen) atoms. The van der Waals surface area contributed by atoms with Gasteiger partial charge in [0, 0.05) is 32.1 Å². The molecule has 0 aliphatic carbocycles. The minimum atomic E-state index is -0.615. The summed E-state index contributed by atoms with van der Waals surface area (Å²) >= 11 is 0. The van der Waals surface area contributed by atoms with Gasteiger partial charge in [-0.15, -0.1) is 0 Å². The number of amides is 1. The van der Waals surface area contributed by atoms with Crippen LogP contribution < -0.4 is 20.1 Å². The average molecular weight is 428 g/mol. The van der Waals surface area contributed by atoms with Crippen LogP contribution in [-0.4, -0.2) is 63.7 Å². The number of carbonyl (C=O) groups excluding carboxylic acids is 1. The monoisotopic (exact) mass is 428 g/mol. The Kier molecular flexibility index (Phi) is 8.71. The highest BCUT2D eigenvalue weighted by Gasteiger charge is 2.12. The van der Waals surface area contributed by atoms with Crippen molar-refractivity contribution < 1.29 is 28.5 Å². The number of methoxy groups -OCH3 is 1. The first-order valence-electron chi connectivity index (χ1n) is 10.2. The van der Waals surface area contributed by atoms with Crippen molar-refractivity contribution in [3.63, 3.8) is 0 Å². The van der Waals surface area contributed by atoms with Gasteiger partial charge in [-0.05, 0) is 36.4 Å². The van der Waals surface area contributed by atoms with Crippen LogP contribution in [0.5, 0.6) is 11.5 Å². The third-order valence-corrected chi connectivity index (χ3v) is 4.42. The van der Waals surface area contributed by atoms with Crippen molar-refractivity contribution in [2.24, 2.45) is 0 Å². The van der Waals surface area contributed by atoms with Crippen LogP contribution in [-0.2, 0) is 4.74 Å². The number of aliphatic hydroxyl groups is 1.